The monoisotopic (exact) mass is 184 g/mol. The highest BCUT2D eigenvalue weighted by atomic mass is 16.5. The van der Waals surface area contributed by atoms with Crippen molar-refractivity contribution >= 4 is 5.97 Å². The summed E-state index contributed by atoms with van der Waals surface area (Å²) < 4.78 is 4.39. The second-order valence-corrected chi connectivity index (χ2v) is 2.95. The van der Waals surface area contributed by atoms with Crippen LogP contribution in [0.1, 0.15) is 20.3 Å². The van der Waals surface area contributed by atoms with Crippen molar-refractivity contribution in [1.29, 1.82) is 0 Å². The Balaban J connectivity index is 4.01. The van der Waals surface area contributed by atoms with Gasteiger partial charge in [-0.3, -0.25) is 0 Å². The van der Waals surface area contributed by atoms with E-state index in [2.05, 4.69) is 4.74 Å². The van der Waals surface area contributed by atoms with Crippen LogP contribution in [0.4, 0.5) is 0 Å². The van der Waals surface area contributed by atoms with Crippen LogP contribution in [0.2, 0.25) is 0 Å². The molecule has 0 saturated carbocycles. The predicted molar refractivity (Wildman–Crippen MR) is 51.2 cm³/mol. The van der Waals surface area contributed by atoms with Gasteiger partial charge in [-0.15, -0.1) is 0 Å². The lowest BCUT2D eigenvalue weighted by Crippen LogP contribution is -2.18. The molecule has 0 rings (SSSR count). The van der Waals surface area contributed by atoms with Gasteiger partial charge in [-0.05, 0) is 13.3 Å². The van der Waals surface area contributed by atoms with E-state index in [4.69, 9.17) is 0 Å². The van der Waals surface area contributed by atoms with E-state index in [1.807, 2.05) is 6.92 Å². The van der Waals surface area contributed by atoms with Gasteiger partial charge < -0.3 is 9.84 Å². The molecule has 0 aromatic heterocycles. The maximum Gasteiger partial charge on any atom is 0.330 e. The molecular weight excluding hydrogens is 168 g/mol. The number of ether oxygens (including phenoxy) is 1. The minimum absolute atomic E-state index is 0.402. The van der Waals surface area contributed by atoms with Crippen LogP contribution in [0, 0.1) is 0 Å². The molecule has 74 valence electrons. The summed E-state index contributed by atoms with van der Waals surface area (Å²) in [6.07, 6.45) is 6.72. The van der Waals surface area contributed by atoms with Crippen LogP contribution in [0.25, 0.3) is 0 Å². The number of carbonyl (C=O) groups excluding carboxylic acids is 1. The Morgan fingerprint density at radius 2 is 2.15 bits per heavy atom. The van der Waals surface area contributed by atoms with Crippen LogP contribution >= 0.6 is 0 Å². The molecule has 0 aromatic carbocycles. The van der Waals surface area contributed by atoms with Crippen LogP contribution in [0.15, 0.2) is 24.3 Å². The molecule has 0 aliphatic heterocycles. The number of hydrogen-bond donors (Lipinski definition) is 1. The first-order valence-corrected chi connectivity index (χ1v) is 4.18. The van der Waals surface area contributed by atoms with Gasteiger partial charge in [0.05, 0.1) is 12.7 Å². The molecule has 0 fully saturated rings. The Kier molecular flexibility index (Phi) is 5.07. The fourth-order valence-corrected chi connectivity index (χ4v) is 0.583. The number of esters is 1. The second kappa shape index (κ2) is 5.54. The number of aliphatic hydroxyl groups is 1. The van der Waals surface area contributed by atoms with Crippen molar-refractivity contribution in [3.05, 3.63) is 24.3 Å². The molecule has 0 heterocycles. The van der Waals surface area contributed by atoms with Crippen molar-refractivity contribution in [3.63, 3.8) is 0 Å². The topological polar surface area (TPSA) is 46.5 Å². The molecule has 0 aromatic rings. The summed E-state index contributed by atoms with van der Waals surface area (Å²) in [6, 6.07) is 0. The third-order valence-corrected chi connectivity index (χ3v) is 1.72. The lowest BCUT2D eigenvalue weighted by atomic mass is 10.0. The number of methoxy groups -OCH3 is 1. The van der Waals surface area contributed by atoms with Gasteiger partial charge in [0.15, 0.2) is 0 Å². The molecule has 0 aliphatic rings. The molecule has 13 heavy (non-hydrogen) atoms. The molecule has 1 N–H and O–H groups in total. The zero-order valence-corrected chi connectivity index (χ0v) is 8.28. The molecule has 0 aliphatic carbocycles. The highest BCUT2D eigenvalue weighted by Crippen LogP contribution is 2.09. The molecule has 0 spiro atoms. The van der Waals surface area contributed by atoms with Gasteiger partial charge in [0.1, 0.15) is 0 Å². The molecule has 0 saturated heterocycles. The molecule has 3 heteroatoms. The second-order valence-electron chi connectivity index (χ2n) is 2.95. The van der Waals surface area contributed by atoms with Crippen molar-refractivity contribution in [3.8, 4) is 0 Å². The maximum atomic E-state index is 10.6. The van der Waals surface area contributed by atoms with E-state index in [-0.39, 0.29) is 0 Å². The number of allylic oxidation sites excluding steroid dienone is 2. The highest BCUT2D eigenvalue weighted by molar-refractivity contribution is 5.82. The van der Waals surface area contributed by atoms with Gasteiger partial charge in [-0.2, -0.15) is 0 Å². The van der Waals surface area contributed by atoms with Crippen molar-refractivity contribution in [1.82, 2.24) is 0 Å². The average molecular weight is 184 g/mol. The van der Waals surface area contributed by atoms with E-state index in [0.29, 0.717) is 6.42 Å². The summed E-state index contributed by atoms with van der Waals surface area (Å²) in [5, 5.41) is 9.51. The van der Waals surface area contributed by atoms with E-state index in [1.165, 1.54) is 19.3 Å². The first-order valence-electron chi connectivity index (χ1n) is 4.18. The summed E-state index contributed by atoms with van der Waals surface area (Å²) >= 11 is 0. The molecule has 0 bridgehead atoms. The fraction of sp³-hybridized carbons (Fsp3) is 0.500. The van der Waals surface area contributed by atoms with E-state index >= 15 is 0 Å². The normalized spacial score (nSPS) is 16.3. The van der Waals surface area contributed by atoms with Gasteiger partial charge in [0, 0.05) is 6.08 Å². The molecule has 1 unspecified atom stereocenters. The van der Waals surface area contributed by atoms with Gasteiger partial charge in [-0.1, -0.05) is 25.2 Å². The van der Waals surface area contributed by atoms with Crippen LogP contribution < -0.4 is 0 Å². The number of hydrogen-bond acceptors (Lipinski definition) is 3. The van der Waals surface area contributed by atoms with E-state index in [0.717, 1.165) is 0 Å². The molecule has 0 amide bonds. The minimum atomic E-state index is -0.805. The van der Waals surface area contributed by atoms with Gasteiger partial charge in [0.2, 0.25) is 0 Å². The lowest BCUT2D eigenvalue weighted by molar-refractivity contribution is -0.134. The molecule has 3 nitrogen and oxygen atoms in total. The predicted octanol–water partition coefficient (Wildman–Crippen LogP) is 1.43. The van der Waals surface area contributed by atoms with Gasteiger partial charge >= 0.3 is 5.97 Å². The van der Waals surface area contributed by atoms with E-state index in [9.17, 15) is 9.90 Å². The minimum Gasteiger partial charge on any atom is -0.466 e. The lowest BCUT2D eigenvalue weighted by Gasteiger charge is -2.14. The summed E-state index contributed by atoms with van der Waals surface area (Å²) in [5.74, 6) is -0.402. The van der Waals surface area contributed by atoms with Crippen molar-refractivity contribution in [2.75, 3.05) is 7.11 Å². The van der Waals surface area contributed by atoms with Gasteiger partial charge in [-0.25, -0.2) is 4.79 Å². The largest absolute Gasteiger partial charge is 0.466 e. The van der Waals surface area contributed by atoms with Crippen molar-refractivity contribution < 1.29 is 14.6 Å². The zero-order valence-electron chi connectivity index (χ0n) is 8.28. The van der Waals surface area contributed by atoms with E-state index < -0.39 is 11.6 Å². The van der Waals surface area contributed by atoms with Gasteiger partial charge in [0.25, 0.3) is 0 Å². The first-order chi connectivity index (χ1) is 6.02. The summed E-state index contributed by atoms with van der Waals surface area (Å²) in [6.45, 7) is 3.59. The third-order valence-electron chi connectivity index (χ3n) is 1.72. The quantitative estimate of drug-likeness (QED) is 0.408. The zero-order chi connectivity index (χ0) is 10.3. The Bertz CT molecular complexity index is 214. The first kappa shape index (κ1) is 11.9. The highest BCUT2D eigenvalue weighted by Gasteiger charge is 2.10. The Morgan fingerprint density at radius 1 is 1.54 bits per heavy atom. The average Bonchev–Trinajstić information content (AvgIpc) is 2.12. The van der Waals surface area contributed by atoms with Crippen LogP contribution in [0.5, 0.6) is 0 Å². The van der Waals surface area contributed by atoms with Crippen LogP contribution in [0.3, 0.4) is 0 Å². The maximum absolute atomic E-state index is 10.6. The Morgan fingerprint density at radius 3 is 2.62 bits per heavy atom. The van der Waals surface area contributed by atoms with E-state index in [1.54, 1.807) is 19.1 Å². The standard InChI is InChI=1S/C10H16O3/c1-4-10(2,12)8-6-5-7-9(11)13-3/h5-8,12H,4H2,1-3H3/b7-5+,8-6+. The molecular formula is C10H16O3. The van der Waals surface area contributed by atoms with Crippen molar-refractivity contribution in [2.45, 2.75) is 25.9 Å². The fourth-order valence-electron chi connectivity index (χ4n) is 0.583. The summed E-state index contributed by atoms with van der Waals surface area (Å²) in [7, 11) is 1.32. The summed E-state index contributed by atoms with van der Waals surface area (Å²) in [5.41, 5.74) is -0.805. The summed E-state index contributed by atoms with van der Waals surface area (Å²) in [4.78, 5) is 10.6. The third kappa shape index (κ3) is 6.11. The van der Waals surface area contributed by atoms with Crippen LogP contribution in [-0.2, 0) is 9.53 Å². The number of rotatable bonds is 4. The molecule has 0 radical (unpaired) electrons. The Labute approximate surface area is 78.7 Å². The van der Waals surface area contributed by atoms with Crippen LogP contribution in [-0.4, -0.2) is 23.8 Å². The number of carbonyl (C=O) groups is 1. The SMILES string of the molecule is CCC(C)(O)/C=C/C=C/C(=O)OC. The van der Waals surface area contributed by atoms with Crippen molar-refractivity contribution in [2.24, 2.45) is 0 Å². The molecule has 1 atom stereocenters. The smallest absolute Gasteiger partial charge is 0.330 e. The Hall–Kier alpha value is -1.09.